The highest BCUT2D eigenvalue weighted by Crippen LogP contribution is 2.13. The first-order chi connectivity index (χ1) is 51.8. The van der Waals surface area contributed by atoms with Crippen LogP contribution in [0.5, 0.6) is 0 Å². The number of benzene rings is 2. The molecule has 1 heterocycles. The van der Waals surface area contributed by atoms with Crippen LogP contribution in [-0.4, -0.2) is 249 Å². The number of carboxylic acid groups (broad SMARTS) is 4. The fraction of sp³-hybridized carbons (Fsp3) is 0.500. The van der Waals surface area contributed by atoms with E-state index < -0.39 is 261 Å². The summed E-state index contributed by atoms with van der Waals surface area (Å²) in [6.45, 7) is 1.37. The van der Waals surface area contributed by atoms with Crippen LogP contribution in [0.3, 0.4) is 0 Å². The number of nitrogens with two attached hydrogens (primary N) is 3. The molecule has 110 heavy (non-hydrogen) atoms. The molecule has 2 aromatic rings. The lowest BCUT2D eigenvalue weighted by Gasteiger charge is -2.27. The Hall–Kier alpha value is -12.9. The minimum absolute atomic E-state index is 0.0662. The molecule has 27 N–H and O–H groups in total. The van der Waals surface area contributed by atoms with Gasteiger partial charge in [-0.15, -0.1) is 0 Å². The first kappa shape index (κ1) is 91.3. The predicted octanol–water partition coefficient (Wildman–Crippen LogP) is -9.71. The molecule has 44 nitrogen and oxygen atoms in total. The van der Waals surface area contributed by atoms with Gasteiger partial charge in [0.05, 0.1) is 39.0 Å². The highest BCUT2D eigenvalue weighted by molar-refractivity contribution is 6.02. The van der Waals surface area contributed by atoms with Gasteiger partial charge in [0.2, 0.25) is 94.5 Å². The van der Waals surface area contributed by atoms with Gasteiger partial charge >= 0.3 is 23.9 Å². The Morgan fingerprint density at radius 2 is 0.864 bits per heavy atom. The molecule has 1 aliphatic heterocycles. The number of aliphatic carboxylic acids is 4. The van der Waals surface area contributed by atoms with E-state index in [1.165, 1.54) is 20.8 Å². The number of carbonyl (C=O) groups excluding carboxylic acids is 16. The van der Waals surface area contributed by atoms with Crippen molar-refractivity contribution >= 4 is 124 Å². The van der Waals surface area contributed by atoms with Crippen LogP contribution in [0.1, 0.15) is 103 Å². The molecule has 0 radical (unpaired) electrons. The molecule has 16 amide bonds. The summed E-state index contributed by atoms with van der Waals surface area (Å²) < 4.78 is 0. The number of carbonyl (C=O) groups is 20. The lowest BCUT2D eigenvalue weighted by atomic mass is 10.0. The smallest absolute Gasteiger partial charge is 0.326 e. The molecule has 3 rings (SSSR count). The molecular formula is C66H93N19O25. The fourth-order valence-electron chi connectivity index (χ4n) is 10.3. The third kappa shape index (κ3) is 34.1. The van der Waals surface area contributed by atoms with Gasteiger partial charge in [-0.1, -0.05) is 74.5 Å². The van der Waals surface area contributed by atoms with E-state index in [-0.39, 0.29) is 51.0 Å². The number of nitrogens with one attached hydrogen (secondary N) is 16. The molecule has 44 heteroatoms. The predicted molar refractivity (Wildman–Crippen MR) is 377 cm³/mol. The zero-order chi connectivity index (χ0) is 82.5. The van der Waals surface area contributed by atoms with Crippen LogP contribution in [-0.2, 0) is 109 Å². The van der Waals surface area contributed by atoms with E-state index in [1.807, 2.05) is 10.6 Å². The van der Waals surface area contributed by atoms with Gasteiger partial charge in [-0.25, -0.2) is 4.79 Å². The Balaban J connectivity index is 1.85. The fourth-order valence-corrected chi connectivity index (χ4v) is 10.3. The first-order valence-electron chi connectivity index (χ1n) is 34.2. The highest BCUT2D eigenvalue weighted by atomic mass is 16.4. The quantitative estimate of drug-likeness (QED) is 0.0166. The van der Waals surface area contributed by atoms with E-state index in [1.54, 1.807) is 60.7 Å². The van der Waals surface area contributed by atoms with Crippen molar-refractivity contribution in [3.05, 3.63) is 71.8 Å². The Morgan fingerprint density at radius 3 is 1.31 bits per heavy atom. The number of carboxylic acids is 4. The average molecular weight is 1550 g/mol. The van der Waals surface area contributed by atoms with Crippen molar-refractivity contribution < 1.29 is 121 Å². The molecule has 1 aliphatic rings. The number of aliphatic hydroxyl groups excluding tert-OH is 1. The highest BCUT2D eigenvalue weighted by Gasteiger charge is 2.38. The summed E-state index contributed by atoms with van der Waals surface area (Å²) >= 11 is 0. The van der Waals surface area contributed by atoms with Crippen molar-refractivity contribution in [2.24, 2.45) is 23.1 Å². The van der Waals surface area contributed by atoms with E-state index in [9.17, 15) is 121 Å². The van der Waals surface area contributed by atoms with E-state index in [0.717, 1.165) is 0 Å². The number of hydrogen-bond acceptors (Lipinski definition) is 22. The van der Waals surface area contributed by atoms with E-state index in [2.05, 4.69) is 69.1 Å². The summed E-state index contributed by atoms with van der Waals surface area (Å²) in [5.74, 6) is -25.9. The second kappa shape index (κ2) is 46.2. The summed E-state index contributed by atoms with van der Waals surface area (Å²) in [5.41, 5.74) is 16.8. The lowest BCUT2D eigenvalue weighted by molar-refractivity contribution is -0.142. The molecule has 0 aromatic heterocycles. The zero-order valence-corrected chi connectivity index (χ0v) is 59.9. The zero-order valence-electron chi connectivity index (χ0n) is 59.9. The van der Waals surface area contributed by atoms with Crippen LogP contribution in [0, 0.1) is 11.3 Å². The monoisotopic (exact) mass is 1550 g/mol. The maximum absolute atomic E-state index is 14.4. The second-order valence-corrected chi connectivity index (χ2v) is 25.4. The van der Waals surface area contributed by atoms with Crippen molar-refractivity contribution in [3.8, 4) is 0 Å². The minimum Gasteiger partial charge on any atom is -0.481 e. The molecule has 0 spiro atoms. The molecule has 0 bridgehead atoms. The number of primary amides is 2. The third-order valence-corrected chi connectivity index (χ3v) is 16.1. The van der Waals surface area contributed by atoms with Crippen LogP contribution < -0.4 is 97.0 Å². The molecular weight excluding hydrogens is 1460 g/mol. The van der Waals surface area contributed by atoms with Crippen molar-refractivity contribution in [3.63, 3.8) is 0 Å². The molecule has 12 atom stereocenters. The van der Waals surface area contributed by atoms with E-state index in [0.29, 0.717) is 11.1 Å². The molecule has 0 saturated carbocycles. The van der Waals surface area contributed by atoms with Gasteiger partial charge in [-0.3, -0.25) is 96.5 Å². The van der Waals surface area contributed by atoms with Gasteiger partial charge < -0.3 is 122 Å². The van der Waals surface area contributed by atoms with Crippen LogP contribution in [0.2, 0.25) is 0 Å². The van der Waals surface area contributed by atoms with Crippen molar-refractivity contribution in [1.82, 2.24) is 79.8 Å². The average Bonchev–Trinajstić information content (AvgIpc) is 1.30. The topological polar surface area (TPSA) is 725 Å². The Labute approximate surface area is 626 Å². The number of hydrogen-bond donors (Lipinski definition) is 24. The molecule has 2 aromatic carbocycles. The standard InChI is InChI=1S/C66H93N19O25/c1-31(2)53(85-49(91)29-73-55(99)35-16-19-47(89)75-35)64(108)83-42(26-46(68)88)61(105)82-43(27-52(96)97)62(106)81-41(25-45(67)87)60(104)78-37(18-21-51(94)95)57(101)77-36(17-20-50(92)93)56(100)72-28-48(90)76-39(23-33-11-6-4-7-12-33)58(102)80-40(24-34-13-8-5-9-14-34)59(103)84-44(30-86)63(107)74-32(3)54(98)79-38(65(109)110)15-10-22-71-66(69)70/h4-9,11-14,31-32,35-44,53,86H,10,15-30H2,1-3H3,(H2,67,87)(H2,68,88)(H,72,100)(H,73,99)(H,74,107)(H,75,89)(H,76,90)(H,77,101)(H,78,104)(H,79,98)(H,80,102)(H,81,106)(H,82,105)(H,83,108)(H,84,103)(H,85,91)(H,92,93)(H,94,95)(H,96,97)(H,109,110)(H4,69,70,71). The van der Waals surface area contributed by atoms with Crippen LogP contribution in [0.4, 0.5) is 0 Å². The SMILES string of the molecule is CC(NC(=O)C(CO)NC(=O)C(Cc1ccccc1)NC(=O)C(Cc1ccccc1)NC(=O)CNC(=O)C(CCC(=O)O)NC(=O)C(CCC(=O)O)NC(=O)C(CC(N)=O)NC(=O)C(CC(=O)O)NC(=O)C(CC(N)=O)NC(=O)C(NC(=O)CNC(=O)C1CCC(=O)N1)C(C)C)C(=O)NC(CCCNC(=N)N)C(=O)O. The molecule has 12 unspecified atom stereocenters. The summed E-state index contributed by atoms with van der Waals surface area (Å²) in [4.78, 5) is 262. The van der Waals surface area contributed by atoms with Gasteiger partial charge in [0.1, 0.15) is 72.5 Å². The summed E-state index contributed by atoms with van der Waals surface area (Å²) in [6, 6.07) is -5.00. The number of amides is 16. The van der Waals surface area contributed by atoms with Crippen LogP contribution in [0.15, 0.2) is 60.7 Å². The van der Waals surface area contributed by atoms with Gasteiger partial charge in [0.25, 0.3) is 0 Å². The Kier molecular flexibility index (Phi) is 38.4. The summed E-state index contributed by atoms with van der Waals surface area (Å²) in [5, 5.41) is 90.1. The maximum atomic E-state index is 14.4. The summed E-state index contributed by atoms with van der Waals surface area (Å²) in [7, 11) is 0. The van der Waals surface area contributed by atoms with Gasteiger partial charge in [0, 0.05) is 38.6 Å². The minimum atomic E-state index is -2.27. The first-order valence-corrected chi connectivity index (χ1v) is 34.2. The molecule has 1 fully saturated rings. The lowest BCUT2D eigenvalue weighted by Crippen LogP contribution is -2.61. The van der Waals surface area contributed by atoms with Gasteiger partial charge in [-0.05, 0) is 56.1 Å². The number of rotatable bonds is 49. The Bertz CT molecular complexity index is 3700. The largest absolute Gasteiger partial charge is 0.481 e. The van der Waals surface area contributed by atoms with Crippen molar-refractivity contribution in [2.75, 3.05) is 26.2 Å². The summed E-state index contributed by atoms with van der Waals surface area (Å²) in [6.07, 6.45) is -7.33. The number of aliphatic hydroxyl groups is 1. The van der Waals surface area contributed by atoms with E-state index >= 15 is 0 Å². The van der Waals surface area contributed by atoms with E-state index in [4.69, 9.17) is 22.6 Å². The van der Waals surface area contributed by atoms with Crippen molar-refractivity contribution in [2.45, 2.75) is 177 Å². The van der Waals surface area contributed by atoms with Crippen LogP contribution in [0.25, 0.3) is 0 Å². The maximum Gasteiger partial charge on any atom is 0.326 e. The third-order valence-electron chi connectivity index (χ3n) is 16.1. The van der Waals surface area contributed by atoms with Crippen LogP contribution >= 0.6 is 0 Å². The molecule has 602 valence electrons. The second-order valence-electron chi connectivity index (χ2n) is 25.4. The van der Waals surface area contributed by atoms with Crippen molar-refractivity contribution in [1.29, 1.82) is 5.41 Å². The van der Waals surface area contributed by atoms with Gasteiger partial charge in [0.15, 0.2) is 5.96 Å². The normalized spacial score (nSPS) is 15.1. The van der Waals surface area contributed by atoms with Gasteiger partial charge in [-0.2, -0.15) is 0 Å². The molecule has 0 aliphatic carbocycles. The number of guanidine groups is 1. The molecule has 1 saturated heterocycles. The Morgan fingerprint density at radius 1 is 0.455 bits per heavy atom.